The normalized spacial score (nSPS) is 18.9. The average molecular weight is 360 g/mol. The van der Waals surface area contributed by atoms with Gasteiger partial charge in [0.15, 0.2) is 0 Å². The van der Waals surface area contributed by atoms with E-state index in [1.54, 1.807) is 0 Å². The van der Waals surface area contributed by atoms with Gasteiger partial charge in [0.1, 0.15) is 4.90 Å². The monoisotopic (exact) mass is 360 g/mol. The number of halogens is 5. The minimum Gasteiger partial charge on any atom is -0.339 e. The van der Waals surface area contributed by atoms with Crippen LogP contribution in [0.25, 0.3) is 0 Å². The Labute approximate surface area is 127 Å². The molecule has 1 saturated heterocycles. The highest BCUT2D eigenvalue weighted by molar-refractivity contribution is 8.45. The molecular weight excluding hydrogens is 347 g/mol. The molecule has 1 heterocycles. The molecule has 0 unspecified atom stereocenters. The van der Waals surface area contributed by atoms with Crippen LogP contribution in [0.5, 0.6) is 0 Å². The summed E-state index contributed by atoms with van der Waals surface area (Å²) in [6, 6.07) is 0.337. The van der Waals surface area contributed by atoms with Gasteiger partial charge in [-0.15, -0.1) is 0 Å². The molecule has 23 heavy (non-hydrogen) atoms. The van der Waals surface area contributed by atoms with E-state index in [2.05, 4.69) is 0 Å². The molecule has 5 nitrogen and oxygen atoms in total. The van der Waals surface area contributed by atoms with Crippen LogP contribution in [0.1, 0.15) is 29.6 Å². The van der Waals surface area contributed by atoms with Gasteiger partial charge in [-0.3, -0.25) is 14.9 Å². The van der Waals surface area contributed by atoms with E-state index in [1.165, 1.54) is 4.90 Å². The van der Waals surface area contributed by atoms with Gasteiger partial charge in [0.25, 0.3) is 11.6 Å². The van der Waals surface area contributed by atoms with Crippen LogP contribution >= 0.6 is 10.2 Å². The van der Waals surface area contributed by atoms with Crippen LogP contribution in [0.3, 0.4) is 0 Å². The number of hydrogen-bond acceptors (Lipinski definition) is 3. The van der Waals surface area contributed by atoms with Crippen LogP contribution in [0.15, 0.2) is 23.1 Å². The van der Waals surface area contributed by atoms with Crippen LogP contribution in [-0.2, 0) is 0 Å². The van der Waals surface area contributed by atoms with Crippen molar-refractivity contribution in [3.8, 4) is 0 Å². The van der Waals surface area contributed by atoms with Crippen molar-refractivity contribution >= 4 is 21.8 Å². The topological polar surface area (TPSA) is 63.4 Å². The summed E-state index contributed by atoms with van der Waals surface area (Å²) in [5.74, 6) is -0.920. The number of nitrogens with zero attached hydrogens (tertiary/aromatic N) is 2. The lowest BCUT2D eigenvalue weighted by atomic mass is 10.1. The minimum absolute atomic E-state index is 0.00844. The lowest BCUT2D eigenvalue weighted by Gasteiger charge is -2.40. The smallest absolute Gasteiger partial charge is 0.310 e. The maximum absolute atomic E-state index is 12.9. The predicted molar refractivity (Wildman–Crippen MR) is 74.2 cm³/mol. The third-order valence-electron chi connectivity index (χ3n) is 3.44. The molecule has 0 spiro atoms. The van der Waals surface area contributed by atoms with Crippen LogP contribution < -0.4 is 0 Å². The van der Waals surface area contributed by atoms with E-state index >= 15 is 0 Å². The molecule has 1 aliphatic heterocycles. The molecule has 1 aromatic rings. The SMILES string of the molecule is O=C(c1cc([N+](=O)[O-])cc(S(F)(F)(F)(F)F)c1)N1CCCCC1. The first-order valence-electron chi connectivity index (χ1n) is 6.61. The Kier molecular flexibility index (Phi) is 3.63. The van der Waals surface area contributed by atoms with E-state index in [-0.39, 0.29) is 25.2 Å². The average Bonchev–Trinajstić information content (AvgIpc) is 2.44. The summed E-state index contributed by atoms with van der Waals surface area (Å²) in [5, 5.41) is 10.7. The highest BCUT2D eigenvalue weighted by atomic mass is 32.5. The number of amides is 1. The number of carbonyl (C=O) groups is 1. The van der Waals surface area contributed by atoms with Gasteiger partial charge in [0.05, 0.1) is 4.92 Å². The predicted octanol–water partition coefficient (Wildman–Crippen LogP) is 4.88. The second kappa shape index (κ2) is 4.79. The summed E-state index contributed by atoms with van der Waals surface area (Å²) in [4.78, 5) is 20.4. The molecule has 11 heteroatoms. The number of piperidine rings is 1. The third kappa shape index (κ3) is 4.09. The Morgan fingerprint density at radius 3 is 2.09 bits per heavy atom. The van der Waals surface area contributed by atoms with Crippen molar-refractivity contribution in [2.75, 3.05) is 13.1 Å². The number of nitro benzene ring substituents is 1. The maximum Gasteiger partial charge on any atom is 0.310 e. The quantitative estimate of drug-likeness (QED) is 0.438. The summed E-state index contributed by atoms with van der Waals surface area (Å²) in [6.45, 7) is 0.542. The van der Waals surface area contributed by atoms with Crippen molar-refractivity contribution in [1.29, 1.82) is 0 Å². The number of carbonyl (C=O) groups excluding carboxylic acids is 1. The zero-order valence-electron chi connectivity index (χ0n) is 11.7. The summed E-state index contributed by atoms with van der Waals surface area (Å²) >= 11 is 0. The molecule has 0 aliphatic carbocycles. The molecule has 1 aromatic carbocycles. The highest BCUT2D eigenvalue weighted by Crippen LogP contribution is 3.02. The van der Waals surface area contributed by atoms with Gasteiger partial charge in [-0.05, 0) is 25.3 Å². The first-order valence-corrected chi connectivity index (χ1v) is 8.56. The van der Waals surface area contributed by atoms with Gasteiger partial charge in [-0.1, -0.05) is 19.4 Å². The number of nitro groups is 1. The molecule has 0 bridgehead atoms. The molecule has 0 aromatic heterocycles. The Morgan fingerprint density at radius 2 is 1.61 bits per heavy atom. The first kappa shape index (κ1) is 17.4. The molecule has 0 N–H and O–H groups in total. The van der Waals surface area contributed by atoms with E-state index in [9.17, 15) is 34.3 Å². The molecule has 1 aliphatic rings. The molecule has 0 radical (unpaired) electrons. The second-order valence-electron chi connectivity index (χ2n) is 5.29. The fourth-order valence-corrected chi connectivity index (χ4v) is 3.01. The lowest BCUT2D eigenvalue weighted by molar-refractivity contribution is -0.385. The largest absolute Gasteiger partial charge is 0.339 e. The van der Waals surface area contributed by atoms with Gasteiger partial charge < -0.3 is 4.90 Å². The Bertz CT molecular complexity index is 671. The van der Waals surface area contributed by atoms with Crippen molar-refractivity contribution in [3.63, 3.8) is 0 Å². The van der Waals surface area contributed by atoms with Crippen LogP contribution in [0.2, 0.25) is 0 Å². The molecule has 1 fully saturated rings. The number of rotatable bonds is 3. The molecule has 130 valence electrons. The third-order valence-corrected chi connectivity index (χ3v) is 4.56. The minimum atomic E-state index is -10.1. The summed E-state index contributed by atoms with van der Waals surface area (Å²) in [5.41, 5.74) is -1.96. The van der Waals surface area contributed by atoms with Crippen molar-refractivity contribution in [2.24, 2.45) is 0 Å². The van der Waals surface area contributed by atoms with Gasteiger partial charge in [-0.2, -0.15) is 0 Å². The maximum atomic E-state index is 12.9. The number of benzene rings is 1. The Hall–Kier alpha value is -1.91. The molecule has 2 rings (SSSR count). The highest BCUT2D eigenvalue weighted by Gasteiger charge is 2.66. The van der Waals surface area contributed by atoms with Crippen LogP contribution in [0, 0.1) is 10.1 Å². The van der Waals surface area contributed by atoms with E-state index in [4.69, 9.17) is 0 Å². The molecule has 0 atom stereocenters. The molecule has 1 amide bonds. The van der Waals surface area contributed by atoms with Crippen molar-refractivity contribution in [1.82, 2.24) is 4.90 Å². The standard InChI is InChI=1S/C12H13F5N2O3S/c13-23(14,15,16,17)11-7-9(6-10(8-11)19(21)22)12(20)18-4-2-1-3-5-18/h6-8H,1-5H2. The number of hydrogen-bond donors (Lipinski definition) is 0. The van der Waals surface area contributed by atoms with Gasteiger partial charge >= 0.3 is 10.2 Å². The second-order valence-corrected chi connectivity index (χ2v) is 7.70. The lowest BCUT2D eigenvalue weighted by Crippen LogP contribution is -2.35. The zero-order valence-corrected chi connectivity index (χ0v) is 12.5. The number of non-ortho nitro benzene ring substituents is 1. The fraction of sp³-hybridized carbons (Fsp3) is 0.417. The van der Waals surface area contributed by atoms with Crippen LogP contribution in [0.4, 0.5) is 25.1 Å². The zero-order chi connectivity index (χ0) is 17.5. The Balaban J connectivity index is 2.54. The summed E-state index contributed by atoms with van der Waals surface area (Å²) < 4.78 is 64.6. The van der Waals surface area contributed by atoms with E-state index in [0.29, 0.717) is 18.9 Å². The van der Waals surface area contributed by atoms with Crippen molar-refractivity contribution in [3.05, 3.63) is 33.9 Å². The molecular formula is C12H13F5N2O3S. The summed E-state index contributed by atoms with van der Waals surface area (Å²) in [7, 11) is -10.1. The van der Waals surface area contributed by atoms with E-state index in [0.717, 1.165) is 6.42 Å². The Morgan fingerprint density at radius 1 is 1.04 bits per heavy atom. The first-order chi connectivity index (χ1) is 10.3. The van der Waals surface area contributed by atoms with Gasteiger partial charge in [-0.25, -0.2) is 0 Å². The number of likely N-dealkylation sites (tertiary alicyclic amines) is 1. The van der Waals surface area contributed by atoms with Gasteiger partial charge in [0, 0.05) is 30.8 Å². The van der Waals surface area contributed by atoms with Crippen molar-refractivity contribution in [2.45, 2.75) is 24.2 Å². The van der Waals surface area contributed by atoms with Crippen LogP contribution in [-0.4, -0.2) is 28.8 Å². The van der Waals surface area contributed by atoms with Gasteiger partial charge in [0.2, 0.25) is 0 Å². The van der Waals surface area contributed by atoms with Crippen molar-refractivity contribution < 1.29 is 29.1 Å². The van der Waals surface area contributed by atoms with E-state index < -0.39 is 37.2 Å². The fourth-order valence-electron chi connectivity index (χ4n) is 2.31. The molecule has 0 saturated carbocycles. The van der Waals surface area contributed by atoms with E-state index in [1.807, 2.05) is 0 Å². The summed E-state index contributed by atoms with van der Waals surface area (Å²) in [6.07, 6.45) is 2.11.